The molecule has 0 aromatic carbocycles. The van der Waals surface area contributed by atoms with Gasteiger partial charge in [-0.15, -0.1) is 0 Å². The number of rotatable bonds is 1. The van der Waals surface area contributed by atoms with Crippen LogP contribution in [0.3, 0.4) is 0 Å². The molecular weight excluding hydrogens is 205 g/mol. The van der Waals surface area contributed by atoms with Gasteiger partial charge in [-0.3, -0.25) is 0 Å². The van der Waals surface area contributed by atoms with Crippen LogP contribution < -0.4 is 0 Å². The van der Waals surface area contributed by atoms with Crippen molar-refractivity contribution in [2.24, 2.45) is 0 Å². The summed E-state index contributed by atoms with van der Waals surface area (Å²) in [6.45, 7) is 0. The molecule has 0 aliphatic carbocycles. The molecule has 0 radical (unpaired) electrons. The van der Waals surface area contributed by atoms with Crippen LogP contribution in [0.15, 0.2) is 0 Å². The molecule has 0 spiro atoms. The average molecular weight is 209 g/mol. The van der Waals surface area contributed by atoms with Crippen LogP contribution in [0.4, 0.5) is 0 Å². The van der Waals surface area contributed by atoms with Crippen LogP contribution in [0.1, 0.15) is 0 Å². The van der Waals surface area contributed by atoms with Crippen LogP contribution in [-0.4, -0.2) is 17.3 Å². The summed E-state index contributed by atoms with van der Waals surface area (Å²) in [6, 6.07) is 0. The van der Waals surface area contributed by atoms with E-state index in [1.807, 2.05) is 5.71 Å². The third-order valence-electron chi connectivity index (χ3n) is 0.269. The fraction of sp³-hybridized carbons (Fsp3) is 1.00. The van der Waals surface area contributed by atoms with Crippen molar-refractivity contribution in [3.8, 4) is 0 Å². The Labute approximate surface area is 56.2 Å². The molecule has 0 rings (SSSR count). The van der Waals surface area contributed by atoms with Gasteiger partial charge in [-0.2, -0.15) is 0 Å². The fourth-order valence-corrected chi connectivity index (χ4v) is 0. The summed E-state index contributed by atoms with van der Waals surface area (Å²) >= 11 is 9.33. The molecule has 6 heavy (non-hydrogen) atoms. The van der Waals surface area contributed by atoms with Crippen molar-refractivity contribution in [2.75, 3.05) is 0 Å². The number of alkyl halides is 2. The van der Waals surface area contributed by atoms with Gasteiger partial charge in [0, 0.05) is 0 Å². The third kappa shape index (κ3) is 3.61. The summed E-state index contributed by atoms with van der Waals surface area (Å²) in [5.74, 6) is 0. The van der Waals surface area contributed by atoms with E-state index in [9.17, 15) is 0 Å². The quantitative estimate of drug-likeness (QED) is 0.459. The predicted molar refractivity (Wildman–Crippen MR) is 33.0 cm³/mol. The summed E-state index contributed by atoms with van der Waals surface area (Å²) in [7, 11) is 5.49. The van der Waals surface area contributed by atoms with E-state index in [0.29, 0.717) is 0 Å². The topological polar surface area (TPSA) is 0 Å². The molecule has 0 aliphatic heterocycles. The number of hydrogen-bond donors (Lipinski definition) is 0. The monoisotopic (exact) mass is 208 g/mol. The Morgan fingerprint density at radius 2 is 1.67 bits per heavy atom. The summed E-state index contributed by atoms with van der Waals surface area (Å²) in [5, 5.41) is 0. The standard InChI is InChI=1S/C2H4AsCl3/c1-3(6)2(4)5/h2H,1H3. The third-order valence-corrected chi connectivity index (χ3v) is 6.49. The Balaban J connectivity index is 2.99. The van der Waals surface area contributed by atoms with E-state index in [1.54, 1.807) is 0 Å². The second-order valence-corrected chi connectivity index (χ2v) is 9.28. The van der Waals surface area contributed by atoms with Crippen molar-refractivity contribution in [2.45, 2.75) is 9.34 Å². The Hall–Kier alpha value is 1.43. The van der Waals surface area contributed by atoms with Gasteiger partial charge in [0.25, 0.3) is 0 Å². The van der Waals surface area contributed by atoms with Gasteiger partial charge in [0.05, 0.1) is 0 Å². The number of halogens is 3. The first-order chi connectivity index (χ1) is 2.64. The maximum absolute atomic E-state index is 5.49. The van der Waals surface area contributed by atoms with Crippen LogP contribution in [0, 0.1) is 0 Å². The molecule has 0 aromatic heterocycles. The van der Waals surface area contributed by atoms with Crippen molar-refractivity contribution in [1.29, 1.82) is 0 Å². The van der Waals surface area contributed by atoms with Gasteiger partial charge in [0.2, 0.25) is 0 Å². The molecule has 0 saturated carbocycles. The molecule has 0 bridgehead atoms. The summed E-state index contributed by atoms with van der Waals surface area (Å²) in [4.78, 5) is 0. The molecule has 0 aliphatic rings. The molecule has 38 valence electrons. The fourth-order valence-electron chi connectivity index (χ4n) is 0. The normalized spacial score (nSPS) is 15.5. The first-order valence-corrected chi connectivity index (χ1v) is 7.61. The summed E-state index contributed by atoms with van der Waals surface area (Å²) in [6.07, 6.45) is 0. The van der Waals surface area contributed by atoms with Crippen LogP contribution >= 0.6 is 33.2 Å². The molecule has 0 amide bonds. The molecule has 0 saturated heterocycles. The van der Waals surface area contributed by atoms with Gasteiger partial charge in [0.15, 0.2) is 0 Å². The molecule has 0 fully saturated rings. The number of hydrogen-bond acceptors (Lipinski definition) is 0. The molecule has 0 N–H and O–H groups in total. The minimum atomic E-state index is -1.30. The van der Waals surface area contributed by atoms with Crippen LogP contribution in [-0.2, 0) is 0 Å². The zero-order chi connectivity index (χ0) is 5.15. The van der Waals surface area contributed by atoms with E-state index >= 15 is 0 Å². The van der Waals surface area contributed by atoms with Crippen molar-refractivity contribution in [1.82, 2.24) is 0 Å². The van der Waals surface area contributed by atoms with E-state index < -0.39 is 13.7 Å². The Bertz CT molecular complexity index is 29.8. The Kier molecular flexibility index (Phi) is 4.25. The first kappa shape index (κ1) is 7.43. The Morgan fingerprint density at radius 1 is 1.50 bits per heavy atom. The van der Waals surface area contributed by atoms with Gasteiger partial charge in [0.1, 0.15) is 0 Å². The molecular formula is C2H4AsCl3. The second-order valence-electron chi connectivity index (χ2n) is 0.802. The van der Waals surface area contributed by atoms with Crippen LogP contribution in [0.5, 0.6) is 0 Å². The summed E-state index contributed by atoms with van der Waals surface area (Å²) < 4.78 is -0.292. The van der Waals surface area contributed by atoms with Gasteiger partial charge in [-0.1, -0.05) is 0 Å². The molecule has 0 aromatic rings. The summed E-state index contributed by atoms with van der Waals surface area (Å²) in [5.41, 5.74) is 1.89. The molecule has 0 nitrogen and oxygen atoms in total. The molecule has 4 heteroatoms. The van der Waals surface area contributed by atoms with Crippen molar-refractivity contribution in [3.05, 3.63) is 0 Å². The van der Waals surface area contributed by atoms with Crippen molar-refractivity contribution < 1.29 is 0 Å². The molecule has 1 unspecified atom stereocenters. The van der Waals surface area contributed by atoms with Crippen molar-refractivity contribution >= 4 is 46.9 Å². The average Bonchev–Trinajstić information content (AvgIpc) is 1.36. The minimum absolute atomic E-state index is 0.292. The van der Waals surface area contributed by atoms with Gasteiger partial charge >= 0.3 is 56.2 Å². The zero-order valence-corrected chi connectivity index (χ0v) is 7.30. The van der Waals surface area contributed by atoms with E-state index in [2.05, 4.69) is 0 Å². The predicted octanol–water partition coefficient (Wildman–Crippen LogP) is 2.19. The van der Waals surface area contributed by atoms with Crippen LogP contribution in [0.25, 0.3) is 0 Å². The van der Waals surface area contributed by atoms with Gasteiger partial charge in [-0.05, 0) is 0 Å². The SMILES string of the molecule is C[As](Cl)C(Cl)Cl. The van der Waals surface area contributed by atoms with E-state index in [0.717, 1.165) is 0 Å². The Morgan fingerprint density at radius 3 is 1.67 bits per heavy atom. The molecule has 1 atom stereocenters. The maximum atomic E-state index is 5.49. The zero-order valence-electron chi connectivity index (χ0n) is 3.16. The first-order valence-electron chi connectivity index (χ1n) is 1.31. The van der Waals surface area contributed by atoms with E-state index in [1.165, 1.54) is 0 Å². The molecule has 0 heterocycles. The van der Waals surface area contributed by atoms with Crippen molar-refractivity contribution in [3.63, 3.8) is 0 Å². The van der Waals surface area contributed by atoms with E-state index in [4.69, 9.17) is 33.2 Å². The van der Waals surface area contributed by atoms with Crippen LogP contribution in [0.2, 0.25) is 5.71 Å². The van der Waals surface area contributed by atoms with E-state index in [-0.39, 0.29) is 3.62 Å². The van der Waals surface area contributed by atoms with Gasteiger partial charge in [-0.25, -0.2) is 0 Å². The second kappa shape index (κ2) is 3.43. The van der Waals surface area contributed by atoms with Gasteiger partial charge < -0.3 is 0 Å².